The van der Waals surface area contributed by atoms with Gasteiger partial charge in [0.1, 0.15) is 5.75 Å². The Balaban J connectivity index is 2.41. The number of para-hydroxylation sites is 1. The monoisotopic (exact) mass is 210 g/mol. The average molecular weight is 210 g/mol. The zero-order valence-electron chi connectivity index (χ0n) is 8.95. The van der Waals surface area contributed by atoms with Crippen LogP contribution in [0.2, 0.25) is 0 Å². The van der Waals surface area contributed by atoms with Gasteiger partial charge in [0.05, 0.1) is 6.61 Å². The molecule has 0 aliphatic rings. The Kier molecular flexibility index (Phi) is 5.53. The van der Waals surface area contributed by atoms with E-state index in [0.29, 0.717) is 0 Å². The van der Waals surface area contributed by atoms with Crippen molar-refractivity contribution in [2.75, 3.05) is 18.6 Å². The quantitative estimate of drug-likeness (QED) is 0.666. The lowest BCUT2D eigenvalue weighted by Gasteiger charge is -2.09. The largest absolute Gasteiger partial charge is 0.493 e. The lowest BCUT2D eigenvalue weighted by molar-refractivity contribution is 0.315. The van der Waals surface area contributed by atoms with Crippen LogP contribution in [-0.2, 0) is 6.42 Å². The van der Waals surface area contributed by atoms with Crippen LogP contribution in [0.4, 0.5) is 0 Å². The fourth-order valence-corrected chi connectivity index (χ4v) is 1.73. The first-order valence-electron chi connectivity index (χ1n) is 5.08. The molecule has 0 aliphatic carbocycles. The minimum Gasteiger partial charge on any atom is -0.493 e. The number of benzene rings is 1. The van der Waals surface area contributed by atoms with Gasteiger partial charge in [-0.1, -0.05) is 25.1 Å². The summed E-state index contributed by atoms with van der Waals surface area (Å²) < 4.78 is 5.72. The highest BCUT2D eigenvalue weighted by atomic mass is 32.2. The molecule has 0 bridgehead atoms. The number of ether oxygens (including phenoxy) is 1. The Hall–Kier alpha value is -0.630. The van der Waals surface area contributed by atoms with Crippen LogP contribution in [0.3, 0.4) is 0 Å². The first-order valence-corrected chi connectivity index (χ1v) is 6.47. The molecule has 14 heavy (non-hydrogen) atoms. The number of hydrogen-bond acceptors (Lipinski definition) is 2. The molecule has 0 aromatic heterocycles. The van der Waals surface area contributed by atoms with Gasteiger partial charge < -0.3 is 4.74 Å². The number of hydrogen-bond donors (Lipinski definition) is 0. The van der Waals surface area contributed by atoms with Crippen LogP contribution in [0.5, 0.6) is 5.75 Å². The smallest absolute Gasteiger partial charge is 0.122 e. The van der Waals surface area contributed by atoms with Gasteiger partial charge in [-0.15, -0.1) is 0 Å². The second-order valence-corrected chi connectivity index (χ2v) is 4.14. The Labute approximate surface area is 90.9 Å². The first kappa shape index (κ1) is 11.4. The number of aryl methyl sites for hydroxylation is 1. The van der Waals surface area contributed by atoms with Crippen LogP contribution >= 0.6 is 11.8 Å². The SMILES string of the molecule is CCc1ccccc1OCCCSC. The summed E-state index contributed by atoms with van der Waals surface area (Å²) in [4.78, 5) is 0. The first-order chi connectivity index (χ1) is 6.88. The fraction of sp³-hybridized carbons (Fsp3) is 0.500. The standard InChI is InChI=1S/C12H18OS/c1-3-11-7-4-5-8-12(11)13-9-6-10-14-2/h4-5,7-8H,3,6,9-10H2,1-2H3. The lowest BCUT2D eigenvalue weighted by Crippen LogP contribution is -2.00. The predicted molar refractivity (Wildman–Crippen MR) is 64.3 cm³/mol. The zero-order valence-corrected chi connectivity index (χ0v) is 9.77. The van der Waals surface area contributed by atoms with E-state index in [2.05, 4.69) is 31.4 Å². The maximum atomic E-state index is 5.72. The summed E-state index contributed by atoms with van der Waals surface area (Å²) in [7, 11) is 0. The zero-order chi connectivity index (χ0) is 10.2. The molecule has 0 fully saturated rings. The normalized spacial score (nSPS) is 10.1. The minimum absolute atomic E-state index is 0.831. The third-order valence-corrected chi connectivity index (χ3v) is 2.80. The van der Waals surface area contributed by atoms with E-state index in [1.54, 1.807) is 0 Å². The Bertz CT molecular complexity index is 260. The summed E-state index contributed by atoms with van der Waals surface area (Å²) in [5, 5.41) is 0. The maximum Gasteiger partial charge on any atom is 0.122 e. The van der Waals surface area contributed by atoms with Crippen molar-refractivity contribution < 1.29 is 4.74 Å². The van der Waals surface area contributed by atoms with Crippen LogP contribution in [0.1, 0.15) is 18.9 Å². The lowest BCUT2D eigenvalue weighted by atomic mass is 10.1. The number of rotatable bonds is 6. The van der Waals surface area contributed by atoms with Gasteiger partial charge in [0.2, 0.25) is 0 Å². The third kappa shape index (κ3) is 3.62. The molecule has 78 valence electrons. The van der Waals surface area contributed by atoms with Crippen molar-refractivity contribution in [3.8, 4) is 5.75 Å². The topological polar surface area (TPSA) is 9.23 Å². The van der Waals surface area contributed by atoms with E-state index < -0.39 is 0 Å². The van der Waals surface area contributed by atoms with Gasteiger partial charge in [0.25, 0.3) is 0 Å². The predicted octanol–water partition coefficient (Wildman–Crippen LogP) is 3.38. The fourth-order valence-electron chi connectivity index (χ4n) is 1.32. The minimum atomic E-state index is 0.831. The summed E-state index contributed by atoms with van der Waals surface area (Å²) in [6.45, 7) is 2.99. The van der Waals surface area contributed by atoms with Crippen molar-refractivity contribution >= 4 is 11.8 Å². The molecule has 0 radical (unpaired) electrons. The molecule has 0 saturated heterocycles. The highest BCUT2D eigenvalue weighted by Crippen LogP contribution is 2.18. The van der Waals surface area contributed by atoms with E-state index in [1.165, 1.54) is 11.3 Å². The van der Waals surface area contributed by atoms with Gasteiger partial charge in [-0.2, -0.15) is 11.8 Å². The summed E-state index contributed by atoms with van der Waals surface area (Å²) in [6.07, 6.45) is 4.29. The molecular formula is C12H18OS. The van der Waals surface area contributed by atoms with Crippen molar-refractivity contribution in [3.05, 3.63) is 29.8 Å². The second-order valence-electron chi connectivity index (χ2n) is 3.16. The van der Waals surface area contributed by atoms with Gasteiger partial charge in [0, 0.05) is 0 Å². The van der Waals surface area contributed by atoms with Crippen LogP contribution in [0.25, 0.3) is 0 Å². The molecule has 0 spiro atoms. The summed E-state index contributed by atoms with van der Waals surface area (Å²) in [5.41, 5.74) is 1.30. The highest BCUT2D eigenvalue weighted by Gasteiger charge is 1.99. The van der Waals surface area contributed by atoms with Crippen LogP contribution in [0, 0.1) is 0 Å². The molecule has 2 heteroatoms. The molecule has 1 nitrogen and oxygen atoms in total. The van der Waals surface area contributed by atoms with Gasteiger partial charge in [-0.3, -0.25) is 0 Å². The second kappa shape index (κ2) is 6.77. The van der Waals surface area contributed by atoms with Gasteiger partial charge in [0.15, 0.2) is 0 Å². The van der Waals surface area contributed by atoms with Crippen molar-refractivity contribution in [2.24, 2.45) is 0 Å². The van der Waals surface area contributed by atoms with Crippen LogP contribution in [0.15, 0.2) is 24.3 Å². The number of thioether (sulfide) groups is 1. The third-order valence-electron chi connectivity index (χ3n) is 2.10. The highest BCUT2D eigenvalue weighted by molar-refractivity contribution is 7.98. The molecule has 0 aliphatic heterocycles. The Morgan fingerprint density at radius 2 is 2.07 bits per heavy atom. The van der Waals surface area contributed by atoms with E-state index in [9.17, 15) is 0 Å². The summed E-state index contributed by atoms with van der Waals surface area (Å²) in [6, 6.07) is 8.28. The van der Waals surface area contributed by atoms with Gasteiger partial charge in [-0.25, -0.2) is 0 Å². The van der Waals surface area contributed by atoms with E-state index >= 15 is 0 Å². The maximum absolute atomic E-state index is 5.72. The molecule has 1 aromatic rings. The molecule has 0 N–H and O–H groups in total. The van der Waals surface area contributed by atoms with Gasteiger partial charge >= 0.3 is 0 Å². The van der Waals surface area contributed by atoms with E-state index in [0.717, 1.165) is 25.2 Å². The van der Waals surface area contributed by atoms with E-state index in [1.807, 2.05) is 17.8 Å². The molecule has 0 amide bonds. The van der Waals surface area contributed by atoms with E-state index in [4.69, 9.17) is 4.74 Å². The van der Waals surface area contributed by atoms with Gasteiger partial charge in [-0.05, 0) is 36.5 Å². The molecule has 0 atom stereocenters. The van der Waals surface area contributed by atoms with Crippen molar-refractivity contribution in [1.82, 2.24) is 0 Å². The van der Waals surface area contributed by atoms with E-state index in [-0.39, 0.29) is 0 Å². The Morgan fingerprint density at radius 3 is 2.79 bits per heavy atom. The van der Waals surface area contributed by atoms with Crippen molar-refractivity contribution in [2.45, 2.75) is 19.8 Å². The van der Waals surface area contributed by atoms with Crippen molar-refractivity contribution in [3.63, 3.8) is 0 Å². The molecule has 0 unspecified atom stereocenters. The molecule has 1 rings (SSSR count). The summed E-state index contributed by atoms with van der Waals surface area (Å²) in [5.74, 6) is 2.23. The molecule has 1 aromatic carbocycles. The molecule has 0 saturated carbocycles. The Morgan fingerprint density at radius 1 is 1.29 bits per heavy atom. The average Bonchev–Trinajstić information content (AvgIpc) is 2.25. The molecule has 0 heterocycles. The van der Waals surface area contributed by atoms with Crippen LogP contribution < -0.4 is 4.74 Å². The van der Waals surface area contributed by atoms with Crippen LogP contribution in [-0.4, -0.2) is 18.6 Å². The summed E-state index contributed by atoms with van der Waals surface area (Å²) >= 11 is 1.87. The van der Waals surface area contributed by atoms with Crippen molar-refractivity contribution in [1.29, 1.82) is 0 Å². The molecular weight excluding hydrogens is 192 g/mol.